The third-order valence-electron chi connectivity index (χ3n) is 2.61. The van der Waals surface area contributed by atoms with Gasteiger partial charge < -0.3 is 14.8 Å². The molecular weight excluding hydrogens is 206 g/mol. The summed E-state index contributed by atoms with van der Waals surface area (Å²) in [4.78, 5) is 11.5. The normalized spacial score (nSPS) is 30.4. The SMILES string of the molecule is CC(C)NCC(=O)OC1CC(C)OC(C)C1. The van der Waals surface area contributed by atoms with Crippen molar-refractivity contribution in [2.75, 3.05) is 6.54 Å². The fourth-order valence-electron chi connectivity index (χ4n) is 1.96. The van der Waals surface area contributed by atoms with Gasteiger partial charge in [-0.1, -0.05) is 13.8 Å². The Kier molecular flexibility index (Phi) is 5.22. The zero-order valence-electron chi connectivity index (χ0n) is 10.7. The van der Waals surface area contributed by atoms with Gasteiger partial charge in [0.15, 0.2) is 0 Å². The number of hydrogen-bond donors (Lipinski definition) is 1. The van der Waals surface area contributed by atoms with Gasteiger partial charge in [-0.3, -0.25) is 4.79 Å². The Morgan fingerprint density at radius 3 is 2.44 bits per heavy atom. The molecule has 1 heterocycles. The standard InChI is InChI=1S/C12H23NO3/c1-8(2)13-7-12(14)16-11-5-9(3)15-10(4)6-11/h8-11,13H,5-7H2,1-4H3. The summed E-state index contributed by atoms with van der Waals surface area (Å²) in [6, 6.07) is 0.306. The maximum Gasteiger partial charge on any atom is 0.320 e. The van der Waals surface area contributed by atoms with Gasteiger partial charge in [-0.05, 0) is 13.8 Å². The quantitative estimate of drug-likeness (QED) is 0.742. The van der Waals surface area contributed by atoms with Crippen molar-refractivity contribution >= 4 is 5.97 Å². The lowest BCUT2D eigenvalue weighted by Gasteiger charge is -2.31. The van der Waals surface area contributed by atoms with Crippen LogP contribution in [0, 0.1) is 0 Å². The van der Waals surface area contributed by atoms with Gasteiger partial charge in [0.05, 0.1) is 18.8 Å². The van der Waals surface area contributed by atoms with E-state index in [1.54, 1.807) is 0 Å². The van der Waals surface area contributed by atoms with Crippen LogP contribution in [0.25, 0.3) is 0 Å². The van der Waals surface area contributed by atoms with Gasteiger partial charge in [0.25, 0.3) is 0 Å². The molecule has 0 aromatic heterocycles. The van der Waals surface area contributed by atoms with Crippen LogP contribution in [0.4, 0.5) is 0 Å². The highest BCUT2D eigenvalue weighted by atomic mass is 16.6. The average Bonchev–Trinajstić information content (AvgIpc) is 2.12. The molecule has 1 N–H and O–H groups in total. The molecule has 0 radical (unpaired) electrons. The molecule has 0 aliphatic carbocycles. The molecule has 0 amide bonds. The summed E-state index contributed by atoms with van der Waals surface area (Å²) in [5.41, 5.74) is 0. The first-order chi connectivity index (χ1) is 7.47. The molecule has 1 aliphatic heterocycles. The number of esters is 1. The molecule has 2 unspecified atom stereocenters. The minimum absolute atomic E-state index is 0.0141. The second kappa shape index (κ2) is 6.21. The van der Waals surface area contributed by atoms with Crippen LogP contribution in [-0.2, 0) is 14.3 Å². The summed E-state index contributed by atoms with van der Waals surface area (Å²) in [6.45, 7) is 8.33. The molecule has 0 aromatic rings. The van der Waals surface area contributed by atoms with Gasteiger partial charge >= 0.3 is 5.97 Å². The molecule has 0 bridgehead atoms. The number of rotatable bonds is 4. The largest absolute Gasteiger partial charge is 0.461 e. The number of carbonyl (C=O) groups is 1. The van der Waals surface area contributed by atoms with E-state index in [1.807, 2.05) is 27.7 Å². The molecule has 4 heteroatoms. The van der Waals surface area contributed by atoms with Gasteiger partial charge in [-0.2, -0.15) is 0 Å². The topological polar surface area (TPSA) is 47.6 Å². The van der Waals surface area contributed by atoms with Crippen LogP contribution >= 0.6 is 0 Å². The maximum absolute atomic E-state index is 11.5. The number of ether oxygens (including phenoxy) is 2. The third-order valence-corrected chi connectivity index (χ3v) is 2.61. The summed E-state index contributed by atoms with van der Waals surface area (Å²) < 4.78 is 11.0. The molecule has 1 saturated heterocycles. The minimum atomic E-state index is -0.167. The molecule has 0 spiro atoms. The molecule has 0 saturated carbocycles. The van der Waals surface area contributed by atoms with Gasteiger partial charge in [0.2, 0.25) is 0 Å². The van der Waals surface area contributed by atoms with E-state index in [-0.39, 0.29) is 30.8 Å². The summed E-state index contributed by atoms with van der Waals surface area (Å²) >= 11 is 0. The predicted octanol–water partition coefficient (Wildman–Crippen LogP) is 1.48. The Labute approximate surface area is 97.7 Å². The molecular formula is C12H23NO3. The van der Waals surface area contributed by atoms with Gasteiger partial charge in [0, 0.05) is 18.9 Å². The predicted molar refractivity (Wildman–Crippen MR) is 62.3 cm³/mol. The maximum atomic E-state index is 11.5. The number of nitrogens with one attached hydrogen (secondary N) is 1. The minimum Gasteiger partial charge on any atom is -0.461 e. The molecule has 4 nitrogen and oxygen atoms in total. The molecule has 16 heavy (non-hydrogen) atoms. The highest BCUT2D eigenvalue weighted by molar-refractivity contribution is 5.71. The Balaban J connectivity index is 2.27. The Bertz CT molecular complexity index is 220. The molecule has 1 rings (SSSR count). The highest BCUT2D eigenvalue weighted by Gasteiger charge is 2.26. The van der Waals surface area contributed by atoms with E-state index >= 15 is 0 Å². The van der Waals surface area contributed by atoms with E-state index in [9.17, 15) is 4.79 Å². The Morgan fingerprint density at radius 1 is 1.38 bits per heavy atom. The van der Waals surface area contributed by atoms with Crippen LogP contribution in [0.5, 0.6) is 0 Å². The lowest BCUT2D eigenvalue weighted by atomic mass is 10.0. The first-order valence-electron chi connectivity index (χ1n) is 6.05. The lowest BCUT2D eigenvalue weighted by Crippen LogP contribution is -2.38. The van der Waals surface area contributed by atoms with Crippen LogP contribution in [-0.4, -0.2) is 36.9 Å². The van der Waals surface area contributed by atoms with Crippen molar-refractivity contribution < 1.29 is 14.3 Å². The van der Waals surface area contributed by atoms with Crippen molar-refractivity contribution in [3.63, 3.8) is 0 Å². The van der Waals surface area contributed by atoms with Crippen LogP contribution in [0.3, 0.4) is 0 Å². The van der Waals surface area contributed by atoms with E-state index in [4.69, 9.17) is 9.47 Å². The van der Waals surface area contributed by atoms with E-state index in [0.717, 1.165) is 12.8 Å². The summed E-state index contributed by atoms with van der Waals surface area (Å²) in [5.74, 6) is -0.167. The summed E-state index contributed by atoms with van der Waals surface area (Å²) in [5, 5.41) is 3.05. The number of carbonyl (C=O) groups excluding carboxylic acids is 1. The first kappa shape index (κ1) is 13.5. The van der Waals surface area contributed by atoms with E-state index in [2.05, 4.69) is 5.32 Å². The molecule has 1 aliphatic rings. The molecule has 2 atom stereocenters. The van der Waals surface area contributed by atoms with Gasteiger partial charge in [-0.15, -0.1) is 0 Å². The smallest absolute Gasteiger partial charge is 0.320 e. The van der Waals surface area contributed by atoms with Gasteiger partial charge in [-0.25, -0.2) is 0 Å². The second-order valence-corrected chi connectivity index (χ2v) is 4.88. The summed E-state index contributed by atoms with van der Waals surface area (Å²) in [7, 11) is 0. The third kappa shape index (κ3) is 4.94. The van der Waals surface area contributed by atoms with Crippen molar-refractivity contribution in [3.8, 4) is 0 Å². The van der Waals surface area contributed by atoms with Crippen molar-refractivity contribution in [2.24, 2.45) is 0 Å². The Morgan fingerprint density at radius 2 is 1.94 bits per heavy atom. The lowest BCUT2D eigenvalue weighted by molar-refractivity contribution is -0.158. The van der Waals surface area contributed by atoms with Crippen LogP contribution in [0.1, 0.15) is 40.5 Å². The van der Waals surface area contributed by atoms with E-state index in [1.165, 1.54) is 0 Å². The van der Waals surface area contributed by atoms with Crippen molar-refractivity contribution in [1.29, 1.82) is 0 Å². The molecule has 0 aromatic carbocycles. The van der Waals surface area contributed by atoms with Crippen molar-refractivity contribution in [2.45, 2.75) is 64.9 Å². The zero-order valence-corrected chi connectivity index (χ0v) is 10.7. The van der Waals surface area contributed by atoms with Gasteiger partial charge in [0.1, 0.15) is 6.10 Å². The zero-order chi connectivity index (χ0) is 12.1. The number of hydrogen-bond acceptors (Lipinski definition) is 4. The van der Waals surface area contributed by atoms with Crippen molar-refractivity contribution in [3.05, 3.63) is 0 Å². The van der Waals surface area contributed by atoms with Crippen molar-refractivity contribution in [1.82, 2.24) is 5.32 Å². The fourth-order valence-corrected chi connectivity index (χ4v) is 1.96. The Hall–Kier alpha value is -0.610. The highest BCUT2D eigenvalue weighted by Crippen LogP contribution is 2.21. The second-order valence-electron chi connectivity index (χ2n) is 4.88. The van der Waals surface area contributed by atoms with Crippen LogP contribution in [0.2, 0.25) is 0 Å². The first-order valence-corrected chi connectivity index (χ1v) is 6.05. The average molecular weight is 229 g/mol. The summed E-state index contributed by atoms with van der Waals surface area (Å²) in [6.07, 6.45) is 1.98. The fraction of sp³-hybridized carbons (Fsp3) is 0.917. The van der Waals surface area contributed by atoms with Crippen LogP contribution < -0.4 is 5.32 Å². The molecule has 1 fully saturated rings. The van der Waals surface area contributed by atoms with E-state index < -0.39 is 0 Å². The van der Waals surface area contributed by atoms with Crippen LogP contribution in [0.15, 0.2) is 0 Å². The van der Waals surface area contributed by atoms with E-state index in [0.29, 0.717) is 6.04 Å². The monoisotopic (exact) mass is 229 g/mol. The molecule has 94 valence electrons.